The highest BCUT2D eigenvalue weighted by atomic mass is 35.5. The molecule has 0 bridgehead atoms. The van der Waals surface area contributed by atoms with E-state index in [4.69, 9.17) is 34.8 Å². The Balaban J connectivity index is 1.55. The Kier molecular flexibility index (Phi) is 5.02. The number of halogens is 3. The van der Waals surface area contributed by atoms with Crippen LogP contribution in [0.15, 0.2) is 54.6 Å². The van der Waals surface area contributed by atoms with E-state index in [1.807, 2.05) is 37.3 Å². The molecule has 0 saturated heterocycles. The van der Waals surface area contributed by atoms with Crippen molar-refractivity contribution >= 4 is 57.4 Å². The lowest BCUT2D eigenvalue weighted by atomic mass is 10.1. The van der Waals surface area contributed by atoms with Gasteiger partial charge in [0.1, 0.15) is 5.82 Å². The molecule has 0 atom stereocenters. The molecule has 0 saturated carbocycles. The number of H-pyrrole nitrogens is 1. The average molecular weight is 431 g/mol. The first-order chi connectivity index (χ1) is 13.4. The largest absolute Gasteiger partial charge is 0.338 e. The Labute approximate surface area is 176 Å². The molecular weight excluding hydrogens is 417 g/mol. The van der Waals surface area contributed by atoms with Crippen molar-refractivity contribution in [3.05, 3.63) is 80.8 Å². The number of benzene rings is 3. The number of fused-ring (bicyclic) bond motifs is 1. The Morgan fingerprint density at radius 3 is 2.36 bits per heavy atom. The van der Waals surface area contributed by atoms with Gasteiger partial charge in [0.2, 0.25) is 0 Å². The van der Waals surface area contributed by atoms with Gasteiger partial charge in [0.25, 0.3) is 5.91 Å². The van der Waals surface area contributed by atoms with E-state index in [9.17, 15) is 4.79 Å². The number of carbonyl (C=O) groups is 1. The van der Waals surface area contributed by atoms with Gasteiger partial charge in [-0.3, -0.25) is 4.79 Å². The molecule has 4 aromatic rings. The number of imidazole rings is 1. The van der Waals surface area contributed by atoms with E-state index in [1.54, 1.807) is 24.3 Å². The maximum absolute atomic E-state index is 12.4. The van der Waals surface area contributed by atoms with Gasteiger partial charge < -0.3 is 10.3 Å². The van der Waals surface area contributed by atoms with Crippen molar-refractivity contribution in [3.8, 4) is 11.4 Å². The Morgan fingerprint density at radius 2 is 1.64 bits per heavy atom. The molecule has 0 spiro atoms. The van der Waals surface area contributed by atoms with E-state index >= 15 is 0 Å². The number of carbonyl (C=O) groups excluding carboxylic acids is 1. The number of aromatic nitrogens is 2. The second kappa shape index (κ2) is 7.47. The monoisotopic (exact) mass is 429 g/mol. The van der Waals surface area contributed by atoms with Gasteiger partial charge in [-0.2, -0.15) is 0 Å². The minimum Gasteiger partial charge on any atom is -0.338 e. The van der Waals surface area contributed by atoms with Crippen LogP contribution in [0.25, 0.3) is 22.4 Å². The zero-order valence-corrected chi connectivity index (χ0v) is 17.0. The van der Waals surface area contributed by atoms with Crippen molar-refractivity contribution < 1.29 is 4.79 Å². The van der Waals surface area contributed by atoms with Gasteiger partial charge in [0.05, 0.1) is 21.1 Å². The second-order valence-electron chi connectivity index (χ2n) is 6.36. The molecule has 0 unspecified atom stereocenters. The summed E-state index contributed by atoms with van der Waals surface area (Å²) in [6.07, 6.45) is 0. The Hall–Kier alpha value is -2.53. The van der Waals surface area contributed by atoms with Crippen LogP contribution in [0, 0.1) is 6.92 Å². The Bertz CT molecular complexity index is 1160. The maximum Gasteiger partial charge on any atom is 0.255 e. The van der Waals surface area contributed by atoms with Crippen molar-refractivity contribution in [1.29, 1.82) is 0 Å². The number of nitrogens with zero attached hydrogens (tertiary/aromatic N) is 1. The van der Waals surface area contributed by atoms with E-state index in [1.165, 1.54) is 0 Å². The van der Waals surface area contributed by atoms with E-state index in [-0.39, 0.29) is 5.91 Å². The highest BCUT2D eigenvalue weighted by Crippen LogP contribution is 2.29. The number of aryl methyl sites for hydroxylation is 1. The molecule has 0 aliphatic rings. The van der Waals surface area contributed by atoms with Gasteiger partial charge in [0, 0.05) is 21.8 Å². The summed E-state index contributed by atoms with van der Waals surface area (Å²) in [6, 6.07) is 16.1. The van der Waals surface area contributed by atoms with Crippen LogP contribution < -0.4 is 5.32 Å². The molecule has 140 valence electrons. The topological polar surface area (TPSA) is 57.8 Å². The normalized spacial score (nSPS) is 11.0. The third-order valence-electron chi connectivity index (χ3n) is 4.37. The summed E-state index contributed by atoms with van der Waals surface area (Å²) in [5, 5.41) is 4.36. The molecular formula is C21H14Cl3N3O. The van der Waals surface area contributed by atoms with Crippen molar-refractivity contribution in [3.63, 3.8) is 0 Å². The number of rotatable bonds is 3. The van der Waals surface area contributed by atoms with Gasteiger partial charge in [-0.15, -0.1) is 0 Å². The number of hydrogen-bond acceptors (Lipinski definition) is 2. The maximum atomic E-state index is 12.4. The molecule has 2 N–H and O–H groups in total. The van der Waals surface area contributed by atoms with E-state index in [2.05, 4.69) is 15.3 Å². The molecule has 1 amide bonds. The molecule has 1 aromatic heterocycles. The van der Waals surface area contributed by atoms with Crippen molar-refractivity contribution in [2.24, 2.45) is 0 Å². The van der Waals surface area contributed by atoms with E-state index < -0.39 is 0 Å². The van der Waals surface area contributed by atoms with Crippen LogP contribution in [0.3, 0.4) is 0 Å². The quantitative estimate of drug-likeness (QED) is 0.377. The van der Waals surface area contributed by atoms with E-state index in [0.29, 0.717) is 32.1 Å². The lowest BCUT2D eigenvalue weighted by molar-refractivity contribution is 0.102. The summed E-state index contributed by atoms with van der Waals surface area (Å²) in [5.41, 5.74) is 4.52. The summed E-state index contributed by atoms with van der Waals surface area (Å²) >= 11 is 18.2. The lowest BCUT2D eigenvalue weighted by Crippen LogP contribution is -2.11. The molecule has 28 heavy (non-hydrogen) atoms. The molecule has 1 heterocycles. The fourth-order valence-corrected chi connectivity index (χ4v) is 3.29. The number of anilines is 1. The van der Waals surface area contributed by atoms with Crippen LogP contribution in [0.2, 0.25) is 15.1 Å². The van der Waals surface area contributed by atoms with Crippen LogP contribution in [0.4, 0.5) is 5.69 Å². The number of nitrogens with one attached hydrogen (secondary N) is 2. The molecule has 0 fully saturated rings. The zero-order chi connectivity index (χ0) is 19.8. The second-order valence-corrected chi connectivity index (χ2v) is 7.59. The summed E-state index contributed by atoms with van der Waals surface area (Å²) in [7, 11) is 0. The van der Waals surface area contributed by atoms with Crippen LogP contribution >= 0.6 is 34.8 Å². The van der Waals surface area contributed by atoms with E-state index in [0.717, 1.165) is 22.2 Å². The molecule has 4 rings (SSSR count). The number of aromatic amines is 1. The van der Waals surface area contributed by atoms with Crippen LogP contribution in [0.5, 0.6) is 0 Å². The number of hydrogen-bond donors (Lipinski definition) is 2. The third-order valence-corrected chi connectivity index (χ3v) is 5.50. The molecule has 0 aliphatic heterocycles. The molecule has 3 aromatic carbocycles. The summed E-state index contributed by atoms with van der Waals surface area (Å²) in [4.78, 5) is 20.2. The summed E-state index contributed by atoms with van der Waals surface area (Å²) < 4.78 is 0. The third kappa shape index (κ3) is 3.72. The van der Waals surface area contributed by atoms with Crippen molar-refractivity contribution in [2.45, 2.75) is 6.92 Å². The summed E-state index contributed by atoms with van der Waals surface area (Å²) in [6.45, 7) is 1.89. The minimum atomic E-state index is -0.220. The predicted octanol–water partition coefficient (Wildman–Crippen LogP) is 6.75. The zero-order valence-electron chi connectivity index (χ0n) is 14.7. The Morgan fingerprint density at radius 1 is 0.929 bits per heavy atom. The molecule has 7 heteroatoms. The first-order valence-corrected chi connectivity index (χ1v) is 9.57. The standard InChI is InChI=1S/C21H14Cl3N3O/c1-11-2-3-13(8-15(11)22)21(28)25-14-6-4-12(5-7-14)20-26-18-9-16(23)17(24)10-19(18)27-20/h2-10H,1H3,(H,25,28)(H,26,27). The van der Waals surface area contributed by atoms with Gasteiger partial charge in [-0.25, -0.2) is 4.98 Å². The van der Waals surface area contributed by atoms with Crippen molar-refractivity contribution in [2.75, 3.05) is 5.32 Å². The van der Waals surface area contributed by atoms with Gasteiger partial charge in [-0.05, 0) is 61.0 Å². The van der Waals surface area contributed by atoms with Crippen LogP contribution in [-0.2, 0) is 0 Å². The number of amides is 1. The fourth-order valence-electron chi connectivity index (χ4n) is 2.79. The highest BCUT2D eigenvalue weighted by Gasteiger charge is 2.10. The summed E-state index contributed by atoms with van der Waals surface area (Å²) in [5.74, 6) is 0.471. The first kappa shape index (κ1) is 18.8. The molecule has 0 aliphatic carbocycles. The average Bonchev–Trinajstić information content (AvgIpc) is 3.07. The fraction of sp³-hybridized carbons (Fsp3) is 0.0476. The van der Waals surface area contributed by atoms with Gasteiger partial charge in [0.15, 0.2) is 0 Å². The van der Waals surface area contributed by atoms with Crippen molar-refractivity contribution in [1.82, 2.24) is 9.97 Å². The van der Waals surface area contributed by atoms with Gasteiger partial charge in [-0.1, -0.05) is 40.9 Å². The predicted molar refractivity (Wildman–Crippen MR) is 116 cm³/mol. The van der Waals surface area contributed by atoms with Crippen LogP contribution in [-0.4, -0.2) is 15.9 Å². The van der Waals surface area contributed by atoms with Crippen LogP contribution in [0.1, 0.15) is 15.9 Å². The van der Waals surface area contributed by atoms with Gasteiger partial charge >= 0.3 is 0 Å². The highest BCUT2D eigenvalue weighted by molar-refractivity contribution is 6.42. The minimum absolute atomic E-state index is 0.220. The molecule has 0 radical (unpaired) electrons. The lowest BCUT2D eigenvalue weighted by Gasteiger charge is -2.07. The molecule has 4 nitrogen and oxygen atoms in total. The SMILES string of the molecule is Cc1ccc(C(=O)Nc2ccc(-c3nc4cc(Cl)c(Cl)cc4[nH]3)cc2)cc1Cl. The first-order valence-electron chi connectivity index (χ1n) is 8.43. The smallest absolute Gasteiger partial charge is 0.255 e.